The number of hydrogen-bond donors (Lipinski definition) is 1. The molecule has 0 unspecified atom stereocenters. The van der Waals surface area contributed by atoms with Crippen molar-refractivity contribution in [2.75, 3.05) is 13.1 Å². The largest absolute Gasteiger partial charge is 0.343 e. The number of carbonyl (C=O) groups is 1. The van der Waals surface area contributed by atoms with Crippen molar-refractivity contribution in [3.8, 4) is 0 Å². The molecule has 21 heavy (non-hydrogen) atoms. The van der Waals surface area contributed by atoms with E-state index in [1.807, 2.05) is 4.90 Å². The third kappa shape index (κ3) is 3.00. The third-order valence-electron chi connectivity index (χ3n) is 4.00. The van der Waals surface area contributed by atoms with Crippen molar-refractivity contribution < 1.29 is 9.18 Å². The van der Waals surface area contributed by atoms with Crippen LogP contribution in [0, 0.1) is 10.6 Å². The Hall–Kier alpha value is -1.69. The Morgan fingerprint density at radius 1 is 1.29 bits per heavy atom. The summed E-state index contributed by atoms with van der Waals surface area (Å²) in [5.74, 6) is -0.144. The Bertz CT molecular complexity index is 715. The molecule has 0 aliphatic carbocycles. The van der Waals surface area contributed by atoms with Crippen LogP contribution in [0.2, 0.25) is 0 Å². The van der Waals surface area contributed by atoms with E-state index in [0.717, 1.165) is 31.4 Å². The molecule has 2 heterocycles. The summed E-state index contributed by atoms with van der Waals surface area (Å²) in [6.45, 7) is 2.19. The maximum absolute atomic E-state index is 13.4. The first-order chi connectivity index (χ1) is 10.1. The van der Waals surface area contributed by atoms with Crippen molar-refractivity contribution in [2.24, 2.45) is 0 Å². The Labute approximate surface area is 127 Å². The monoisotopic (exact) mass is 307 g/mol. The number of fused-ring (bicyclic) bond motifs is 1. The molecule has 1 aliphatic heterocycles. The number of imidazole rings is 1. The van der Waals surface area contributed by atoms with Gasteiger partial charge in [0, 0.05) is 26.1 Å². The van der Waals surface area contributed by atoms with Gasteiger partial charge in [-0.3, -0.25) is 4.79 Å². The van der Waals surface area contributed by atoms with Gasteiger partial charge in [0.05, 0.1) is 11.0 Å². The quantitative estimate of drug-likeness (QED) is 0.884. The average molecular weight is 307 g/mol. The molecule has 1 aromatic carbocycles. The Morgan fingerprint density at radius 3 is 2.81 bits per heavy atom. The molecule has 0 saturated carbocycles. The van der Waals surface area contributed by atoms with Crippen molar-refractivity contribution in [1.29, 1.82) is 0 Å². The normalized spacial score (nSPS) is 15.6. The SMILES string of the molecule is O=C(CCn1c(=S)[nH]c2ccc(F)cc21)N1CCCCC1. The number of nitrogens with zero attached hydrogens (tertiary/aromatic N) is 2. The smallest absolute Gasteiger partial charge is 0.224 e. The van der Waals surface area contributed by atoms with Gasteiger partial charge in [-0.05, 0) is 49.7 Å². The number of piperidine rings is 1. The summed E-state index contributed by atoms with van der Waals surface area (Å²) < 4.78 is 15.7. The highest BCUT2D eigenvalue weighted by Gasteiger charge is 2.16. The second-order valence-corrected chi connectivity index (χ2v) is 5.82. The maximum Gasteiger partial charge on any atom is 0.224 e. The predicted octanol–water partition coefficient (Wildman–Crippen LogP) is 3.24. The van der Waals surface area contributed by atoms with Gasteiger partial charge in [0.25, 0.3) is 0 Å². The number of aromatic amines is 1. The predicted molar refractivity (Wildman–Crippen MR) is 82.1 cm³/mol. The van der Waals surface area contributed by atoms with Crippen LogP contribution in [0.1, 0.15) is 25.7 Å². The van der Waals surface area contributed by atoms with Gasteiger partial charge < -0.3 is 14.5 Å². The zero-order chi connectivity index (χ0) is 14.8. The van der Waals surface area contributed by atoms with Crippen molar-refractivity contribution in [3.05, 3.63) is 28.8 Å². The number of aromatic nitrogens is 2. The van der Waals surface area contributed by atoms with Crippen LogP contribution < -0.4 is 0 Å². The highest BCUT2D eigenvalue weighted by atomic mass is 32.1. The van der Waals surface area contributed by atoms with E-state index in [9.17, 15) is 9.18 Å². The standard InChI is InChI=1S/C15H18FN3OS/c16-11-4-5-12-13(10-11)19(15(21)17-12)9-6-14(20)18-7-2-1-3-8-18/h4-5,10H,1-3,6-9H2,(H,17,21). The second kappa shape index (κ2) is 5.97. The highest BCUT2D eigenvalue weighted by molar-refractivity contribution is 7.71. The van der Waals surface area contributed by atoms with E-state index in [-0.39, 0.29) is 11.7 Å². The number of halogens is 1. The summed E-state index contributed by atoms with van der Waals surface area (Å²) in [5, 5.41) is 0. The van der Waals surface area contributed by atoms with Crippen LogP contribution >= 0.6 is 12.2 Å². The summed E-state index contributed by atoms with van der Waals surface area (Å²) in [6.07, 6.45) is 3.78. The average Bonchev–Trinajstić information content (AvgIpc) is 2.80. The molecule has 1 fully saturated rings. The van der Waals surface area contributed by atoms with Crippen LogP contribution in [-0.4, -0.2) is 33.4 Å². The third-order valence-corrected chi connectivity index (χ3v) is 4.32. The lowest BCUT2D eigenvalue weighted by Gasteiger charge is -2.26. The molecule has 1 amide bonds. The Kier molecular flexibility index (Phi) is 4.05. The van der Waals surface area contributed by atoms with Crippen LogP contribution in [0.25, 0.3) is 11.0 Å². The van der Waals surface area contributed by atoms with Gasteiger partial charge in [-0.15, -0.1) is 0 Å². The zero-order valence-electron chi connectivity index (χ0n) is 11.8. The number of amides is 1. The first-order valence-electron chi connectivity index (χ1n) is 7.31. The molecule has 112 valence electrons. The fraction of sp³-hybridized carbons (Fsp3) is 0.467. The van der Waals surface area contributed by atoms with Crippen molar-refractivity contribution in [3.63, 3.8) is 0 Å². The lowest BCUT2D eigenvalue weighted by atomic mass is 10.1. The van der Waals surface area contributed by atoms with Gasteiger partial charge in [0.15, 0.2) is 4.77 Å². The molecule has 1 N–H and O–H groups in total. The molecule has 0 atom stereocenters. The molecule has 4 nitrogen and oxygen atoms in total. The maximum atomic E-state index is 13.4. The lowest BCUT2D eigenvalue weighted by Crippen LogP contribution is -2.36. The first kappa shape index (κ1) is 14.3. The van der Waals surface area contributed by atoms with Gasteiger partial charge in [0.1, 0.15) is 5.82 Å². The number of benzene rings is 1. The van der Waals surface area contributed by atoms with E-state index in [1.165, 1.54) is 18.6 Å². The molecule has 1 saturated heterocycles. The van der Waals surface area contributed by atoms with Crippen LogP contribution in [0.15, 0.2) is 18.2 Å². The summed E-state index contributed by atoms with van der Waals surface area (Å²) in [6, 6.07) is 4.52. The van der Waals surface area contributed by atoms with E-state index < -0.39 is 0 Å². The van der Waals surface area contributed by atoms with E-state index in [0.29, 0.717) is 23.3 Å². The summed E-state index contributed by atoms with van der Waals surface area (Å²) in [4.78, 5) is 17.2. The van der Waals surface area contributed by atoms with Gasteiger partial charge in [-0.25, -0.2) is 4.39 Å². The molecule has 0 bridgehead atoms. The Morgan fingerprint density at radius 2 is 2.05 bits per heavy atom. The molecule has 1 aliphatic rings. The molecule has 3 rings (SSSR count). The number of H-pyrrole nitrogens is 1. The summed E-state index contributed by atoms with van der Waals surface area (Å²) in [5.41, 5.74) is 1.51. The summed E-state index contributed by atoms with van der Waals surface area (Å²) in [7, 11) is 0. The number of hydrogen-bond acceptors (Lipinski definition) is 2. The molecule has 2 aromatic rings. The molecular weight excluding hydrogens is 289 g/mol. The number of rotatable bonds is 3. The van der Waals surface area contributed by atoms with E-state index in [4.69, 9.17) is 12.2 Å². The fourth-order valence-electron chi connectivity index (χ4n) is 2.86. The molecular formula is C15H18FN3OS. The van der Waals surface area contributed by atoms with Gasteiger partial charge >= 0.3 is 0 Å². The van der Waals surface area contributed by atoms with Crippen LogP contribution in [0.4, 0.5) is 4.39 Å². The highest BCUT2D eigenvalue weighted by Crippen LogP contribution is 2.17. The van der Waals surface area contributed by atoms with Crippen LogP contribution in [-0.2, 0) is 11.3 Å². The number of carbonyl (C=O) groups excluding carboxylic acids is 1. The van der Waals surface area contributed by atoms with E-state index >= 15 is 0 Å². The minimum atomic E-state index is -0.299. The van der Waals surface area contributed by atoms with Gasteiger partial charge in [-0.2, -0.15) is 0 Å². The van der Waals surface area contributed by atoms with E-state index in [1.54, 1.807) is 10.6 Å². The first-order valence-corrected chi connectivity index (χ1v) is 7.72. The minimum Gasteiger partial charge on any atom is -0.343 e. The van der Waals surface area contributed by atoms with Crippen LogP contribution in [0.3, 0.4) is 0 Å². The fourth-order valence-corrected chi connectivity index (χ4v) is 3.16. The Balaban J connectivity index is 1.75. The number of likely N-dealkylation sites (tertiary alicyclic amines) is 1. The van der Waals surface area contributed by atoms with Crippen molar-refractivity contribution in [1.82, 2.24) is 14.5 Å². The minimum absolute atomic E-state index is 0.155. The van der Waals surface area contributed by atoms with Gasteiger partial charge in [0.2, 0.25) is 5.91 Å². The number of nitrogens with one attached hydrogen (secondary N) is 1. The lowest BCUT2D eigenvalue weighted by molar-refractivity contribution is -0.132. The van der Waals surface area contributed by atoms with E-state index in [2.05, 4.69) is 4.98 Å². The zero-order valence-corrected chi connectivity index (χ0v) is 12.6. The molecule has 0 spiro atoms. The summed E-state index contributed by atoms with van der Waals surface area (Å²) >= 11 is 5.26. The molecule has 1 aromatic heterocycles. The number of aryl methyl sites for hydroxylation is 1. The molecule has 0 radical (unpaired) electrons. The van der Waals surface area contributed by atoms with Crippen LogP contribution in [0.5, 0.6) is 0 Å². The topological polar surface area (TPSA) is 41.0 Å². The van der Waals surface area contributed by atoms with Gasteiger partial charge in [-0.1, -0.05) is 0 Å². The second-order valence-electron chi connectivity index (χ2n) is 5.43. The molecule has 6 heteroatoms. The van der Waals surface area contributed by atoms with Crippen molar-refractivity contribution in [2.45, 2.75) is 32.2 Å². The van der Waals surface area contributed by atoms with Crippen molar-refractivity contribution >= 4 is 29.2 Å².